The summed E-state index contributed by atoms with van der Waals surface area (Å²) in [7, 11) is 0. The van der Waals surface area contributed by atoms with Crippen molar-refractivity contribution in [3.63, 3.8) is 0 Å². The van der Waals surface area contributed by atoms with Crippen LogP contribution in [0.3, 0.4) is 0 Å². The number of carbonyl (C=O) groups is 1. The van der Waals surface area contributed by atoms with Gasteiger partial charge in [0, 0.05) is 11.9 Å². The van der Waals surface area contributed by atoms with Gasteiger partial charge >= 0.3 is 0 Å². The molecule has 1 fully saturated rings. The standard InChI is InChI=1S/C25H30N4O3/c1-2-32-20-11-9-19(10-12-20)17-24(30)26-18-23-21-7-3-4-8-22(21)25(31)29(27-23)16-15-28-13-5-6-14-28/h3-4,7-12H,2,5-6,13-18H2,1H3,(H,26,30). The number of likely N-dealkylation sites (tertiary alicyclic amines) is 1. The lowest BCUT2D eigenvalue weighted by Gasteiger charge is -2.16. The van der Waals surface area contributed by atoms with Crippen LogP contribution in [-0.4, -0.2) is 46.8 Å². The lowest BCUT2D eigenvalue weighted by atomic mass is 10.1. The second kappa shape index (κ2) is 10.4. The zero-order valence-corrected chi connectivity index (χ0v) is 18.5. The third-order valence-electron chi connectivity index (χ3n) is 5.82. The second-order valence-corrected chi connectivity index (χ2v) is 8.10. The zero-order valence-electron chi connectivity index (χ0n) is 18.5. The maximum absolute atomic E-state index is 12.9. The summed E-state index contributed by atoms with van der Waals surface area (Å²) in [5.41, 5.74) is 1.55. The van der Waals surface area contributed by atoms with Crippen molar-refractivity contribution in [3.8, 4) is 5.75 Å². The number of ether oxygens (including phenoxy) is 1. The van der Waals surface area contributed by atoms with Crippen molar-refractivity contribution in [2.75, 3.05) is 26.2 Å². The molecule has 2 aromatic carbocycles. The molecule has 1 saturated heterocycles. The maximum Gasteiger partial charge on any atom is 0.274 e. The summed E-state index contributed by atoms with van der Waals surface area (Å²) < 4.78 is 7.00. The van der Waals surface area contributed by atoms with Gasteiger partial charge in [-0.2, -0.15) is 5.10 Å². The molecule has 1 aromatic heterocycles. The predicted molar refractivity (Wildman–Crippen MR) is 125 cm³/mol. The highest BCUT2D eigenvalue weighted by atomic mass is 16.5. The normalized spacial score (nSPS) is 14.0. The number of carbonyl (C=O) groups excluding carboxylic acids is 1. The van der Waals surface area contributed by atoms with Crippen molar-refractivity contribution >= 4 is 16.7 Å². The molecule has 1 amide bonds. The van der Waals surface area contributed by atoms with E-state index < -0.39 is 0 Å². The van der Waals surface area contributed by atoms with Crippen molar-refractivity contribution in [3.05, 3.63) is 70.1 Å². The molecule has 7 heteroatoms. The molecular formula is C25H30N4O3. The molecule has 2 heterocycles. The van der Waals surface area contributed by atoms with Crippen LogP contribution in [0, 0.1) is 0 Å². The van der Waals surface area contributed by atoms with Gasteiger partial charge in [0.05, 0.1) is 37.2 Å². The van der Waals surface area contributed by atoms with Gasteiger partial charge in [-0.25, -0.2) is 4.68 Å². The van der Waals surface area contributed by atoms with Crippen LogP contribution in [0.1, 0.15) is 31.0 Å². The summed E-state index contributed by atoms with van der Waals surface area (Å²) in [5, 5.41) is 9.01. The fourth-order valence-electron chi connectivity index (χ4n) is 4.13. The first-order valence-corrected chi connectivity index (χ1v) is 11.3. The molecule has 0 saturated carbocycles. The van der Waals surface area contributed by atoms with E-state index in [-0.39, 0.29) is 24.4 Å². The summed E-state index contributed by atoms with van der Waals surface area (Å²) >= 11 is 0. The molecule has 4 rings (SSSR count). The maximum atomic E-state index is 12.9. The molecule has 32 heavy (non-hydrogen) atoms. The minimum Gasteiger partial charge on any atom is -0.494 e. The first kappa shape index (κ1) is 22.0. The molecule has 1 aliphatic rings. The van der Waals surface area contributed by atoms with Crippen molar-refractivity contribution in [1.82, 2.24) is 20.0 Å². The highest BCUT2D eigenvalue weighted by Crippen LogP contribution is 2.15. The van der Waals surface area contributed by atoms with Gasteiger partial charge in [0.1, 0.15) is 5.75 Å². The molecule has 0 bridgehead atoms. The number of aromatic nitrogens is 2. The average molecular weight is 435 g/mol. The largest absolute Gasteiger partial charge is 0.494 e. The third kappa shape index (κ3) is 5.34. The Kier molecular flexibility index (Phi) is 7.17. The summed E-state index contributed by atoms with van der Waals surface area (Å²) in [5.74, 6) is 0.707. The van der Waals surface area contributed by atoms with Crippen LogP contribution in [0.4, 0.5) is 0 Å². The van der Waals surface area contributed by atoms with Crippen LogP contribution in [0.2, 0.25) is 0 Å². The van der Waals surface area contributed by atoms with Gasteiger partial charge in [-0.3, -0.25) is 9.59 Å². The molecule has 168 valence electrons. The summed E-state index contributed by atoms with van der Waals surface area (Å²) in [6, 6.07) is 15.0. The Morgan fingerprint density at radius 2 is 1.75 bits per heavy atom. The molecule has 0 unspecified atom stereocenters. The number of nitrogens with zero attached hydrogens (tertiary/aromatic N) is 3. The fraction of sp³-hybridized carbons (Fsp3) is 0.400. The van der Waals surface area contributed by atoms with E-state index in [1.165, 1.54) is 12.8 Å². The van der Waals surface area contributed by atoms with E-state index in [0.717, 1.165) is 36.3 Å². The lowest BCUT2D eigenvalue weighted by molar-refractivity contribution is -0.120. The van der Waals surface area contributed by atoms with Gasteiger partial charge in [0.2, 0.25) is 5.91 Å². The first-order chi connectivity index (χ1) is 15.6. The Balaban J connectivity index is 1.45. The topological polar surface area (TPSA) is 76.5 Å². The first-order valence-electron chi connectivity index (χ1n) is 11.3. The molecule has 1 N–H and O–H groups in total. The summed E-state index contributed by atoms with van der Waals surface area (Å²) in [6.45, 7) is 6.36. The van der Waals surface area contributed by atoms with Crippen molar-refractivity contribution in [1.29, 1.82) is 0 Å². The van der Waals surface area contributed by atoms with Crippen LogP contribution in [0.25, 0.3) is 10.8 Å². The van der Waals surface area contributed by atoms with Gasteiger partial charge in [-0.1, -0.05) is 30.3 Å². The van der Waals surface area contributed by atoms with Gasteiger partial charge in [-0.05, 0) is 56.6 Å². The fourth-order valence-corrected chi connectivity index (χ4v) is 4.13. The highest BCUT2D eigenvalue weighted by Gasteiger charge is 2.15. The Bertz CT molecular complexity index is 1120. The Labute approximate surface area is 188 Å². The van der Waals surface area contributed by atoms with Crippen LogP contribution in [0.15, 0.2) is 53.3 Å². The van der Waals surface area contributed by atoms with Gasteiger partial charge in [0.25, 0.3) is 5.56 Å². The van der Waals surface area contributed by atoms with Gasteiger partial charge < -0.3 is 15.0 Å². The molecule has 0 aliphatic carbocycles. The second-order valence-electron chi connectivity index (χ2n) is 8.10. The third-order valence-corrected chi connectivity index (χ3v) is 5.82. The molecule has 1 aliphatic heterocycles. The van der Waals surface area contributed by atoms with Crippen molar-refractivity contribution < 1.29 is 9.53 Å². The molecule has 0 atom stereocenters. The number of fused-ring (bicyclic) bond motifs is 1. The zero-order chi connectivity index (χ0) is 22.3. The number of nitrogens with one attached hydrogen (secondary N) is 1. The van der Waals surface area contributed by atoms with Crippen LogP contribution in [0.5, 0.6) is 5.75 Å². The number of hydrogen-bond donors (Lipinski definition) is 1. The molecule has 3 aromatic rings. The molecule has 7 nitrogen and oxygen atoms in total. The molecule has 0 radical (unpaired) electrons. The van der Waals surface area contributed by atoms with E-state index in [1.54, 1.807) is 4.68 Å². The van der Waals surface area contributed by atoms with Crippen molar-refractivity contribution in [2.45, 2.75) is 39.3 Å². The Morgan fingerprint density at radius 1 is 1.03 bits per heavy atom. The average Bonchev–Trinajstić information content (AvgIpc) is 3.33. The smallest absolute Gasteiger partial charge is 0.274 e. The Morgan fingerprint density at radius 3 is 2.47 bits per heavy atom. The summed E-state index contributed by atoms with van der Waals surface area (Å²) in [6.07, 6.45) is 2.70. The van der Waals surface area contributed by atoms with Crippen LogP contribution in [-0.2, 0) is 24.3 Å². The van der Waals surface area contributed by atoms with Gasteiger partial charge in [-0.15, -0.1) is 0 Å². The minimum absolute atomic E-state index is 0.0794. The van der Waals surface area contributed by atoms with E-state index in [0.29, 0.717) is 24.2 Å². The predicted octanol–water partition coefficient (Wildman–Crippen LogP) is 2.75. The summed E-state index contributed by atoms with van der Waals surface area (Å²) in [4.78, 5) is 27.8. The number of benzene rings is 2. The number of hydrogen-bond acceptors (Lipinski definition) is 5. The van der Waals surface area contributed by atoms with Crippen LogP contribution < -0.4 is 15.6 Å². The number of rotatable bonds is 9. The quantitative estimate of drug-likeness (QED) is 0.560. The molecule has 0 spiro atoms. The SMILES string of the molecule is CCOc1ccc(CC(=O)NCc2nn(CCN3CCCC3)c(=O)c3ccccc23)cc1. The number of amides is 1. The Hall–Kier alpha value is -3.19. The lowest BCUT2D eigenvalue weighted by Crippen LogP contribution is -2.33. The highest BCUT2D eigenvalue weighted by molar-refractivity contribution is 5.84. The monoisotopic (exact) mass is 434 g/mol. The van der Waals surface area contributed by atoms with E-state index in [4.69, 9.17) is 4.74 Å². The van der Waals surface area contributed by atoms with E-state index in [9.17, 15) is 9.59 Å². The van der Waals surface area contributed by atoms with Crippen LogP contribution >= 0.6 is 0 Å². The van der Waals surface area contributed by atoms with E-state index in [2.05, 4.69) is 15.3 Å². The van der Waals surface area contributed by atoms with Crippen molar-refractivity contribution in [2.24, 2.45) is 0 Å². The van der Waals surface area contributed by atoms with Gasteiger partial charge in [0.15, 0.2) is 0 Å². The van der Waals surface area contributed by atoms with E-state index in [1.807, 2.05) is 55.5 Å². The molecular weight excluding hydrogens is 404 g/mol. The minimum atomic E-state index is -0.0881. The van der Waals surface area contributed by atoms with E-state index >= 15 is 0 Å².